The van der Waals surface area contributed by atoms with Crippen molar-refractivity contribution in [1.82, 2.24) is 35.7 Å². The molecular formula is C27H41N7O6. The number of hydrogen-bond donors (Lipinski definition) is 3. The average molecular weight is 560 g/mol. The smallest absolute Gasteiger partial charge is 0.408 e. The number of aromatic nitrogens is 4. The number of amides is 3. The minimum absolute atomic E-state index is 0.120. The maximum Gasteiger partial charge on any atom is 0.408 e. The zero-order chi connectivity index (χ0) is 29.1. The number of aryl methyl sites for hydroxylation is 1. The van der Waals surface area contributed by atoms with Gasteiger partial charge in [-0.05, 0) is 58.1 Å². The van der Waals surface area contributed by atoms with E-state index in [2.05, 4.69) is 26.0 Å². The van der Waals surface area contributed by atoms with Crippen molar-refractivity contribution in [1.29, 1.82) is 0 Å². The maximum absolute atomic E-state index is 14.0. The van der Waals surface area contributed by atoms with Gasteiger partial charge in [-0.15, -0.1) is 10.2 Å². The summed E-state index contributed by atoms with van der Waals surface area (Å²) >= 11 is 0. The van der Waals surface area contributed by atoms with Crippen molar-refractivity contribution in [2.75, 3.05) is 6.54 Å². The molecule has 220 valence electrons. The highest BCUT2D eigenvalue weighted by Crippen LogP contribution is 2.45. The third-order valence-electron chi connectivity index (χ3n) is 7.60. The lowest BCUT2D eigenvalue weighted by atomic mass is 10.0. The van der Waals surface area contributed by atoms with Crippen molar-refractivity contribution < 1.29 is 29.0 Å². The van der Waals surface area contributed by atoms with Crippen molar-refractivity contribution in [2.24, 2.45) is 5.92 Å². The molecule has 5 atom stereocenters. The van der Waals surface area contributed by atoms with E-state index < -0.39 is 53.1 Å². The van der Waals surface area contributed by atoms with Gasteiger partial charge in [-0.2, -0.15) is 4.80 Å². The van der Waals surface area contributed by atoms with Gasteiger partial charge in [-0.1, -0.05) is 31.9 Å². The van der Waals surface area contributed by atoms with Crippen LogP contribution in [0.15, 0.2) is 12.2 Å². The molecule has 40 heavy (non-hydrogen) atoms. The largest absolute Gasteiger partial charge is 0.479 e. The van der Waals surface area contributed by atoms with Crippen molar-refractivity contribution in [3.05, 3.63) is 18.0 Å². The van der Waals surface area contributed by atoms with E-state index in [0.717, 1.165) is 25.7 Å². The lowest BCUT2D eigenvalue weighted by molar-refractivity contribution is -0.145. The Morgan fingerprint density at radius 3 is 2.73 bits per heavy atom. The molecule has 13 heteroatoms. The Balaban J connectivity index is 1.63. The van der Waals surface area contributed by atoms with Crippen molar-refractivity contribution in [3.63, 3.8) is 0 Å². The summed E-state index contributed by atoms with van der Waals surface area (Å²) in [5.74, 6) is -1.81. The summed E-state index contributed by atoms with van der Waals surface area (Å²) in [5, 5.41) is 28.2. The first-order valence-corrected chi connectivity index (χ1v) is 14.2. The summed E-state index contributed by atoms with van der Waals surface area (Å²) in [6, 6.07) is -2.31. The van der Waals surface area contributed by atoms with Crippen LogP contribution in [0.2, 0.25) is 0 Å². The Morgan fingerprint density at radius 2 is 2.02 bits per heavy atom. The SMILES string of the molecule is CCCc1nnn([C@H]2C[C@H]3C(=O)N[C@@]4(C(=O)O)C[C@H]4/C=C\CCCCC[C@H](NC(=O)OC(C)(C)C)C(=O)N3C2)n1. The number of hydrogen-bond acceptors (Lipinski definition) is 8. The molecule has 4 rings (SSSR count). The summed E-state index contributed by atoms with van der Waals surface area (Å²) in [7, 11) is 0. The highest BCUT2D eigenvalue weighted by molar-refractivity contribution is 5.96. The van der Waals surface area contributed by atoms with Crippen LogP contribution in [-0.2, 0) is 25.5 Å². The van der Waals surface area contributed by atoms with E-state index in [1.54, 1.807) is 20.8 Å². The van der Waals surface area contributed by atoms with Gasteiger partial charge in [0.15, 0.2) is 5.82 Å². The predicted molar refractivity (Wildman–Crippen MR) is 143 cm³/mol. The average Bonchev–Trinajstić information content (AvgIpc) is 3.18. The number of carbonyl (C=O) groups excluding carboxylic acids is 3. The second-order valence-corrected chi connectivity index (χ2v) is 12.0. The number of fused-ring (bicyclic) bond motifs is 2. The van der Waals surface area contributed by atoms with Crippen LogP contribution in [0, 0.1) is 5.92 Å². The van der Waals surface area contributed by atoms with E-state index >= 15 is 0 Å². The molecule has 0 spiro atoms. The lowest BCUT2D eigenvalue weighted by Gasteiger charge is -2.30. The van der Waals surface area contributed by atoms with E-state index in [-0.39, 0.29) is 18.9 Å². The molecule has 1 aromatic heterocycles. The standard InChI is InChI=1S/C27H41N7O6/c1-5-11-21-30-32-34(31-21)18-14-20-22(35)29-27(24(37)38)15-17(27)12-9-7-6-8-10-13-19(23(36)33(20)16-18)28-25(39)40-26(2,3)4/h9,12,17-20H,5-8,10-11,13-16H2,1-4H3,(H,28,39)(H,29,35)(H,37,38)/b12-9-/t17-,18+,19+,20+,27+/m1/s1. The Labute approximate surface area is 234 Å². The Bertz CT molecular complexity index is 1140. The van der Waals surface area contributed by atoms with Gasteiger partial charge in [0.1, 0.15) is 23.2 Å². The second-order valence-electron chi connectivity index (χ2n) is 12.0. The van der Waals surface area contributed by atoms with Crippen LogP contribution in [0.25, 0.3) is 0 Å². The second kappa shape index (κ2) is 11.9. The first kappa shape index (κ1) is 29.5. The number of carbonyl (C=O) groups is 4. The number of carboxylic acid groups (broad SMARTS) is 1. The van der Waals surface area contributed by atoms with Gasteiger partial charge >= 0.3 is 12.1 Å². The third kappa shape index (κ3) is 6.79. The summed E-state index contributed by atoms with van der Waals surface area (Å²) in [5.41, 5.74) is -2.14. The molecule has 0 radical (unpaired) electrons. The molecule has 1 aromatic rings. The first-order chi connectivity index (χ1) is 18.9. The van der Waals surface area contributed by atoms with Crippen molar-refractivity contribution >= 4 is 23.9 Å². The van der Waals surface area contributed by atoms with E-state index in [4.69, 9.17) is 4.74 Å². The van der Waals surface area contributed by atoms with Crippen LogP contribution in [0.5, 0.6) is 0 Å². The van der Waals surface area contributed by atoms with E-state index in [9.17, 15) is 24.3 Å². The highest BCUT2D eigenvalue weighted by atomic mass is 16.6. The zero-order valence-electron chi connectivity index (χ0n) is 23.8. The number of tetrazole rings is 1. The number of nitrogens with zero attached hydrogens (tertiary/aromatic N) is 5. The summed E-state index contributed by atoms with van der Waals surface area (Å²) in [4.78, 5) is 55.4. The molecule has 0 aromatic carbocycles. The predicted octanol–water partition coefficient (Wildman–Crippen LogP) is 2.14. The fourth-order valence-corrected chi connectivity index (χ4v) is 5.43. The fraction of sp³-hybridized carbons (Fsp3) is 0.741. The molecule has 1 saturated carbocycles. The van der Waals surface area contributed by atoms with E-state index in [1.165, 1.54) is 9.70 Å². The molecule has 3 aliphatic rings. The highest BCUT2D eigenvalue weighted by Gasteiger charge is 2.61. The maximum atomic E-state index is 14.0. The monoisotopic (exact) mass is 559 g/mol. The molecular weight excluding hydrogens is 518 g/mol. The van der Waals surface area contributed by atoms with Gasteiger partial charge in [0.25, 0.3) is 0 Å². The van der Waals surface area contributed by atoms with Gasteiger partial charge in [0.05, 0.1) is 6.04 Å². The van der Waals surface area contributed by atoms with Crippen LogP contribution < -0.4 is 10.6 Å². The molecule has 13 nitrogen and oxygen atoms in total. The number of ether oxygens (including phenoxy) is 1. The normalized spacial score (nSPS) is 30.2. The number of carboxylic acids is 1. The lowest BCUT2D eigenvalue weighted by Crippen LogP contribution is -2.56. The fourth-order valence-electron chi connectivity index (χ4n) is 5.43. The third-order valence-corrected chi connectivity index (χ3v) is 7.60. The van der Waals surface area contributed by atoms with E-state index in [1.807, 2.05) is 19.1 Å². The number of aliphatic carboxylic acids is 1. The minimum Gasteiger partial charge on any atom is -0.479 e. The number of rotatable bonds is 5. The molecule has 3 N–H and O–H groups in total. The Kier molecular flexibility index (Phi) is 8.79. The molecule has 2 aliphatic heterocycles. The molecule has 1 aliphatic carbocycles. The molecule has 0 unspecified atom stereocenters. The van der Waals surface area contributed by atoms with E-state index in [0.29, 0.717) is 31.5 Å². The quantitative estimate of drug-likeness (QED) is 0.458. The van der Waals surface area contributed by atoms with Gasteiger partial charge in [-0.25, -0.2) is 9.59 Å². The van der Waals surface area contributed by atoms with Crippen LogP contribution in [0.1, 0.15) is 90.9 Å². The van der Waals surface area contributed by atoms with Crippen LogP contribution in [0.4, 0.5) is 4.79 Å². The van der Waals surface area contributed by atoms with Crippen LogP contribution in [0.3, 0.4) is 0 Å². The topological polar surface area (TPSA) is 169 Å². The first-order valence-electron chi connectivity index (χ1n) is 14.2. The Hall–Kier alpha value is -3.51. The summed E-state index contributed by atoms with van der Waals surface area (Å²) < 4.78 is 5.42. The molecule has 2 fully saturated rings. The molecule has 3 heterocycles. The van der Waals surface area contributed by atoms with Gasteiger partial charge < -0.3 is 25.4 Å². The van der Waals surface area contributed by atoms with Gasteiger partial charge in [0, 0.05) is 25.3 Å². The summed E-state index contributed by atoms with van der Waals surface area (Å²) in [6.45, 7) is 7.35. The van der Waals surface area contributed by atoms with Gasteiger partial charge in [0.2, 0.25) is 11.8 Å². The van der Waals surface area contributed by atoms with Crippen molar-refractivity contribution in [2.45, 2.75) is 115 Å². The zero-order valence-corrected chi connectivity index (χ0v) is 23.8. The molecule has 0 bridgehead atoms. The van der Waals surface area contributed by atoms with Crippen LogP contribution >= 0.6 is 0 Å². The summed E-state index contributed by atoms with van der Waals surface area (Å²) in [6.07, 6.45) is 8.60. The number of allylic oxidation sites excluding steroid dienone is 1. The van der Waals surface area contributed by atoms with Crippen molar-refractivity contribution in [3.8, 4) is 0 Å². The number of alkyl carbamates (subject to hydrolysis) is 1. The van der Waals surface area contributed by atoms with Crippen LogP contribution in [-0.4, -0.2) is 83.9 Å². The van der Waals surface area contributed by atoms with Gasteiger partial charge in [-0.3, -0.25) is 9.59 Å². The molecule has 1 saturated heterocycles. The number of nitrogens with one attached hydrogen (secondary N) is 2. The Morgan fingerprint density at radius 1 is 1.25 bits per heavy atom. The minimum atomic E-state index is -1.39. The molecule has 3 amide bonds.